The summed E-state index contributed by atoms with van der Waals surface area (Å²) in [4.78, 5) is 12.7. The van der Waals surface area contributed by atoms with Gasteiger partial charge in [-0.25, -0.2) is 0 Å². The molecule has 5 nitrogen and oxygen atoms in total. The molecule has 98 valence electrons. The summed E-state index contributed by atoms with van der Waals surface area (Å²) in [6.07, 6.45) is 0. The van der Waals surface area contributed by atoms with Crippen LogP contribution in [0.25, 0.3) is 0 Å². The van der Waals surface area contributed by atoms with E-state index in [1.54, 1.807) is 0 Å². The molecule has 19 heavy (non-hydrogen) atoms. The molecule has 0 spiro atoms. The molecule has 0 fully saturated rings. The fourth-order valence-corrected chi connectivity index (χ4v) is 1.71. The van der Waals surface area contributed by atoms with Gasteiger partial charge in [0.05, 0.1) is 16.7 Å². The van der Waals surface area contributed by atoms with Crippen molar-refractivity contribution in [2.24, 2.45) is 0 Å². The molecule has 0 atom stereocenters. The van der Waals surface area contributed by atoms with Gasteiger partial charge in [-0.15, -0.1) is 0 Å². The first kappa shape index (κ1) is 13.2. The lowest BCUT2D eigenvalue weighted by molar-refractivity contribution is -0.384. The van der Waals surface area contributed by atoms with Gasteiger partial charge in [0.25, 0.3) is 5.69 Å². The van der Waals surface area contributed by atoms with Gasteiger partial charge in [-0.2, -0.15) is 0 Å². The van der Waals surface area contributed by atoms with Gasteiger partial charge in [0.15, 0.2) is 5.75 Å². The lowest BCUT2D eigenvalue weighted by Crippen LogP contribution is -1.98. The molecule has 2 aromatic rings. The molecule has 0 aliphatic rings. The number of nitrogens with one attached hydrogen (secondary N) is 1. The summed E-state index contributed by atoms with van der Waals surface area (Å²) in [6.45, 7) is 0.313. The zero-order valence-corrected chi connectivity index (χ0v) is 10.6. The highest BCUT2D eigenvalue weighted by Gasteiger charge is 2.11. The van der Waals surface area contributed by atoms with Gasteiger partial charge in [0.1, 0.15) is 6.61 Å². The van der Waals surface area contributed by atoms with Gasteiger partial charge in [0.2, 0.25) is 0 Å². The second-order valence-corrected chi connectivity index (χ2v) is 4.00. The highest BCUT2D eigenvalue weighted by atomic mass is 35.5. The van der Waals surface area contributed by atoms with E-state index in [1.165, 1.54) is 18.2 Å². The maximum Gasteiger partial charge on any atom is 0.273 e. The summed E-state index contributed by atoms with van der Waals surface area (Å²) < 4.78 is 5.55. The summed E-state index contributed by atoms with van der Waals surface area (Å²) in [7, 11) is 0. The molecule has 0 unspecified atom stereocenters. The van der Waals surface area contributed by atoms with Crippen LogP contribution in [0.2, 0.25) is 0 Å². The van der Waals surface area contributed by atoms with Gasteiger partial charge in [-0.3, -0.25) is 15.0 Å². The quantitative estimate of drug-likeness (QED) is 0.514. The van der Waals surface area contributed by atoms with Gasteiger partial charge < -0.3 is 4.74 Å². The van der Waals surface area contributed by atoms with E-state index in [4.69, 9.17) is 16.5 Å². The van der Waals surface area contributed by atoms with Gasteiger partial charge in [-0.05, 0) is 11.6 Å². The minimum Gasteiger partial charge on any atom is -0.486 e. The normalized spacial score (nSPS) is 9.95. The fraction of sp³-hybridized carbons (Fsp3) is 0.0769. The van der Waals surface area contributed by atoms with E-state index in [0.29, 0.717) is 18.0 Å². The average molecular weight is 279 g/mol. The van der Waals surface area contributed by atoms with Crippen LogP contribution in [0.5, 0.6) is 5.75 Å². The number of halogens is 1. The minimum atomic E-state index is -0.479. The first-order valence-electron chi connectivity index (χ1n) is 5.52. The third-order valence-electron chi connectivity index (χ3n) is 2.51. The number of rotatable bonds is 5. The predicted octanol–water partition coefficient (Wildman–Crippen LogP) is 3.74. The lowest BCUT2D eigenvalue weighted by Gasteiger charge is -2.10. The molecule has 0 saturated carbocycles. The Bertz CT molecular complexity index is 575. The topological polar surface area (TPSA) is 64.4 Å². The van der Waals surface area contributed by atoms with E-state index in [2.05, 4.69) is 4.84 Å². The summed E-state index contributed by atoms with van der Waals surface area (Å²) in [5.74, 6) is 0.341. The zero-order chi connectivity index (χ0) is 13.7. The van der Waals surface area contributed by atoms with Crippen molar-refractivity contribution in [1.29, 1.82) is 0 Å². The Kier molecular flexibility index (Phi) is 4.20. The highest BCUT2D eigenvalue weighted by Crippen LogP contribution is 2.30. The smallest absolute Gasteiger partial charge is 0.273 e. The van der Waals surface area contributed by atoms with Crippen LogP contribution in [-0.4, -0.2) is 4.92 Å². The largest absolute Gasteiger partial charge is 0.486 e. The highest BCUT2D eigenvalue weighted by molar-refractivity contribution is 6.24. The van der Waals surface area contributed by atoms with Crippen LogP contribution in [-0.2, 0) is 6.61 Å². The van der Waals surface area contributed by atoms with Crippen molar-refractivity contribution in [3.8, 4) is 5.75 Å². The van der Waals surface area contributed by atoms with E-state index in [9.17, 15) is 10.1 Å². The van der Waals surface area contributed by atoms with Gasteiger partial charge in [-0.1, -0.05) is 30.3 Å². The van der Waals surface area contributed by atoms with Crippen molar-refractivity contribution in [1.82, 2.24) is 0 Å². The van der Waals surface area contributed by atoms with Crippen molar-refractivity contribution in [2.45, 2.75) is 6.61 Å². The SMILES string of the molecule is O=[N+]([O-])c1ccc(NCl)c(OCc2ccccc2)c1. The lowest BCUT2D eigenvalue weighted by atomic mass is 10.2. The van der Waals surface area contributed by atoms with Crippen LogP contribution in [0.1, 0.15) is 5.56 Å². The zero-order valence-electron chi connectivity index (χ0n) is 9.88. The predicted molar refractivity (Wildman–Crippen MR) is 73.3 cm³/mol. The number of anilines is 1. The molecule has 0 heterocycles. The van der Waals surface area contributed by atoms with E-state index in [1.807, 2.05) is 30.3 Å². The van der Waals surface area contributed by atoms with Crippen LogP contribution >= 0.6 is 11.8 Å². The summed E-state index contributed by atoms with van der Waals surface area (Å²) >= 11 is 5.55. The molecule has 2 rings (SSSR count). The Morgan fingerprint density at radius 1 is 1.21 bits per heavy atom. The summed E-state index contributed by atoms with van der Waals surface area (Å²) in [6, 6.07) is 13.7. The van der Waals surface area contributed by atoms with Gasteiger partial charge >= 0.3 is 0 Å². The van der Waals surface area contributed by atoms with Crippen molar-refractivity contribution in [3.63, 3.8) is 0 Å². The van der Waals surface area contributed by atoms with E-state index in [-0.39, 0.29) is 5.69 Å². The van der Waals surface area contributed by atoms with Crippen molar-refractivity contribution < 1.29 is 9.66 Å². The monoisotopic (exact) mass is 278 g/mol. The molecule has 0 aliphatic carbocycles. The molecule has 0 bridgehead atoms. The second-order valence-electron chi connectivity index (χ2n) is 3.81. The summed E-state index contributed by atoms with van der Waals surface area (Å²) in [5, 5.41) is 10.7. The third kappa shape index (κ3) is 3.35. The van der Waals surface area contributed by atoms with Crippen LogP contribution in [0.4, 0.5) is 11.4 Å². The van der Waals surface area contributed by atoms with Crippen LogP contribution in [0.15, 0.2) is 48.5 Å². The molecule has 0 saturated heterocycles. The number of non-ortho nitro benzene ring substituents is 1. The van der Waals surface area contributed by atoms with Crippen LogP contribution < -0.4 is 9.57 Å². The molecule has 2 aromatic carbocycles. The number of benzene rings is 2. The fourth-order valence-electron chi connectivity index (χ4n) is 1.56. The Morgan fingerprint density at radius 3 is 2.58 bits per heavy atom. The number of nitro groups is 1. The Labute approximate surface area is 115 Å². The van der Waals surface area contributed by atoms with Crippen molar-refractivity contribution >= 4 is 23.2 Å². The molecular weight excluding hydrogens is 268 g/mol. The standard InChI is InChI=1S/C13H11ClN2O3/c14-15-12-7-6-11(16(17)18)8-13(12)19-9-10-4-2-1-3-5-10/h1-8,15H,9H2. The Balaban J connectivity index is 2.18. The van der Waals surface area contributed by atoms with E-state index < -0.39 is 4.92 Å². The van der Waals surface area contributed by atoms with E-state index >= 15 is 0 Å². The molecule has 1 N–H and O–H groups in total. The van der Waals surface area contributed by atoms with Crippen molar-refractivity contribution in [2.75, 3.05) is 4.84 Å². The number of nitrogens with zero attached hydrogens (tertiary/aromatic N) is 1. The molecule has 0 aliphatic heterocycles. The second kappa shape index (κ2) is 6.06. The first-order chi connectivity index (χ1) is 9.20. The first-order valence-corrected chi connectivity index (χ1v) is 5.90. The molecule has 0 amide bonds. The van der Waals surface area contributed by atoms with Gasteiger partial charge in [0, 0.05) is 17.8 Å². The minimum absolute atomic E-state index is 0.0428. The maximum atomic E-state index is 10.7. The number of hydrogen-bond acceptors (Lipinski definition) is 4. The summed E-state index contributed by atoms with van der Waals surface area (Å²) in [5.41, 5.74) is 1.41. The molecule has 0 radical (unpaired) electrons. The van der Waals surface area contributed by atoms with Crippen LogP contribution in [0, 0.1) is 10.1 Å². The third-order valence-corrected chi connectivity index (χ3v) is 2.72. The molecule has 6 heteroatoms. The molecular formula is C13H11ClN2O3. The molecule has 0 aromatic heterocycles. The van der Waals surface area contributed by atoms with Crippen LogP contribution in [0.3, 0.4) is 0 Å². The number of ether oxygens (including phenoxy) is 1. The number of nitro benzene ring substituents is 1. The van der Waals surface area contributed by atoms with E-state index in [0.717, 1.165) is 5.56 Å². The Morgan fingerprint density at radius 2 is 1.95 bits per heavy atom. The van der Waals surface area contributed by atoms with Crippen molar-refractivity contribution in [3.05, 3.63) is 64.2 Å². The number of hydrogen-bond donors (Lipinski definition) is 1. The maximum absolute atomic E-state index is 10.7. The Hall–Kier alpha value is -2.27. The average Bonchev–Trinajstić information content (AvgIpc) is 2.45.